The van der Waals surface area contributed by atoms with Crippen molar-refractivity contribution in [2.75, 3.05) is 5.32 Å². The van der Waals surface area contributed by atoms with Gasteiger partial charge in [0.1, 0.15) is 0 Å². The monoisotopic (exact) mass is 425 g/mol. The van der Waals surface area contributed by atoms with Gasteiger partial charge in [-0.2, -0.15) is 0 Å². The topological polar surface area (TPSA) is 29.1 Å². The second kappa shape index (κ2) is 11.1. The maximum absolute atomic E-state index is 11.2. The van der Waals surface area contributed by atoms with Crippen LogP contribution in [0.2, 0.25) is 13.3 Å². The van der Waals surface area contributed by atoms with Gasteiger partial charge in [-0.3, -0.25) is 0 Å². The van der Waals surface area contributed by atoms with Crippen molar-refractivity contribution in [2.24, 2.45) is 0 Å². The van der Waals surface area contributed by atoms with Crippen LogP contribution in [0.4, 0.5) is 5.69 Å². The van der Waals surface area contributed by atoms with Crippen LogP contribution in [0.1, 0.15) is 66.2 Å². The number of hydrogen-bond donors (Lipinski definition) is 1. The van der Waals surface area contributed by atoms with Crippen LogP contribution >= 0.6 is 0 Å². The third-order valence-electron chi connectivity index (χ3n) is 4.84. The summed E-state index contributed by atoms with van der Waals surface area (Å²) in [6.45, 7) is 8.52. The fraction of sp³-hybridized carbons (Fsp3) is 0.650. The third-order valence-corrected chi connectivity index (χ3v) is 20.5. The number of carbonyl (C=O) groups is 1. The minimum atomic E-state index is -2.29. The maximum atomic E-state index is 11.2. The van der Waals surface area contributed by atoms with E-state index in [9.17, 15) is 4.79 Å². The Morgan fingerprint density at radius 3 is 1.65 bits per heavy atom. The van der Waals surface area contributed by atoms with E-state index in [0.29, 0.717) is 0 Å². The molecule has 1 amide bonds. The third kappa shape index (κ3) is 6.86. The normalized spacial score (nSPS) is 11.5. The second-order valence-electron chi connectivity index (χ2n) is 6.85. The first-order chi connectivity index (χ1) is 11.1. The van der Waals surface area contributed by atoms with Crippen LogP contribution < -0.4 is 8.90 Å². The molecular formula is C20H35NOSn. The van der Waals surface area contributed by atoms with Gasteiger partial charge in [0, 0.05) is 0 Å². The summed E-state index contributed by atoms with van der Waals surface area (Å²) in [6.07, 6.45) is 8.08. The summed E-state index contributed by atoms with van der Waals surface area (Å²) < 4.78 is 6.14. The number of amides is 1. The van der Waals surface area contributed by atoms with Crippen molar-refractivity contribution in [2.45, 2.75) is 79.5 Å². The van der Waals surface area contributed by atoms with Gasteiger partial charge in [0.2, 0.25) is 0 Å². The standard InChI is InChI=1S/C8H8NO.3C4H9.Sn/c1-7(10)9-8-5-3-2-4-6-8;3*1-3-4-2;/h3-6H,1H3,(H,9,10);3*1,3-4H2,2H3;. The number of hydrogen-bond acceptors (Lipinski definition) is 1. The van der Waals surface area contributed by atoms with Crippen molar-refractivity contribution in [3.05, 3.63) is 24.3 Å². The van der Waals surface area contributed by atoms with Crippen molar-refractivity contribution in [3.63, 3.8) is 0 Å². The quantitative estimate of drug-likeness (QED) is 0.454. The van der Waals surface area contributed by atoms with E-state index in [1.807, 2.05) is 0 Å². The molecule has 0 bridgehead atoms. The molecule has 0 aromatic heterocycles. The van der Waals surface area contributed by atoms with Crippen LogP contribution in [-0.4, -0.2) is 24.3 Å². The summed E-state index contributed by atoms with van der Waals surface area (Å²) in [5, 5.41) is 2.90. The summed E-state index contributed by atoms with van der Waals surface area (Å²) in [4.78, 5) is 11.2. The molecule has 0 atom stereocenters. The number of nitrogens with one attached hydrogen (secondary N) is 1. The molecule has 2 nitrogen and oxygen atoms in total. The van der Waals surface area contributed by atoms with Crippen LogP contribution in [0.5, 0.6) is 0 Å². The Labute approximate surface area is 147 Å². The molecule has 23 heavy (non-hydrogen) atoms. The van der Waals surface area contributed by atoms with Crippen molar-refractivity contribution >= 4 is 33.6 Å². The number of anilines is 1. The van der Waals surface area contributed by atoms with Crippen LogP contribution in [0.15, 0.2) is 24.3 Å². The molecule has 1 aromatic carbocycles. The molecule has 1 rings (SSSR count). The van der Waals surface area contributed by atoms with Crippen molar-refractivity contribution in [3.8, 4) is 0 Å². The Kier molecular flexibility index (Phi) is 9.92. The zero-order chi connectivity index (χ0) is 17.1. The average Bonchev–Trinajstić information content (AvgIpc) is 2.55. The molecule has 3 heteroatoms. The van der Waals surface area contributed by atoms with Crippen LogP contribution in [0.25, 0.3) is 0 Å². The number of rotatable bonds is 11. The van der Waals surface area contributed by atoms with Gasteiger partial charge in [-0.25, -0.2) is 0 Å². The van der Waals surface area contributed by atoms with Crippen molar-refractivity contribution in [1.82, 2.24) is 0 Å². The van der Waals surface area contributed by atoms with E-state index in [-0.39, 0.29) is 5.91 Å². The summed E-state index contributed by atoms with van der Waals surface area (Å²) in [5.74, 6) is 0.00970. The Hall–Kier alpha value is -0.511. The van der Waals surface area contributed by atoms with Crippen LogP contribution in [0, 0.1) is 0 Å². The van der Waals surface area contributed by atoms with E-state index in [1.165, 1.54) is 51.8 Å². The van der Waals surface area contributed by atoms with Gasteiger partial charge in [0.15, 0.2) is 0 Å². The van der Waals surface area contributed by atoms with Crippen LogP contribution in [-0.2, 0) is 4.79 Å². The summed E-state index contributed by atoms with van der Waals surface area (Å²) in [6, 6.07) is 8.91. The van der Waals surface area contributed by atoms with E-state index in [1.54, 1.807) is 10.5 Å². The van der Waals surface area contributed by atoms with Crippen molar-refractivity contribution in [1.29, 1.82) is 0 Å². The van der Waals surface area contributed by atoms with Gasteiger partial charge in [0.05, 0.1) is 0 Å². The zero-order valence-corrected chi connectivity index (χ0v) is 18.4. The Bertz CT molecular complexity index is 433. The Morgan fingerprint density at radius 2 is 1.30 bits per heavy atom. The van der Waals surface area contributed by atoms with E-state index in [4.69, 9.17) is 0 Å². The molecule has 0 unspecified atom stereocenters. The fourth-order valence-corrected chi connectivity index (χ4v) is 19.4. The molecular weight excluding hydrogens is 389 g/mol. The molecule has 0 aliphatic rings. The van der Waals surface area contributed by atoms with Gasteiger partial charge in [0.25, 0.3) is 0 Å². The molecule has 0 fully saturated rings. The molecule has 0 heterocycles. The van der Waals surface area contributed by atoms with Crippen LogP contribution in [0.3, 0.4) is 0 Å². The number of carbonyl (C=O) groups excluding carboxylic acids is 1. The molecule has 0 aliphatic heterocycles. The van der Waals surface area contributed by atoms with E-state index in [0.717, 1.165) is 5.69 Å². The second-order valence-corrected chi connectivity index (χ2v) is 20.1. The molecule has 0 aliphatic carbocycles. The molecule has 0 saturated carbocycles. The average molecular weight is 424 g/mol. The van der Waals surface area contributed by atoms with E-state index < -0.39 is 18.4 Å². The first-order valence-corrected chi connectivity index (χ1v) is 16.9. The van der Waals surface area contributed by atoms with Gasteiger partial charge < -0.3 is 0 Å². The Morgan fingerprint density at radius 1 is 0.870 bits per heavy atom. The molecule has 130 valence electrons. The van der Waals surface area contributed by atoms with Gasteiger partial charge >= 0.3 is 147 Å². The zero-order valence-electron chi connectivity index (χ0n) is 15.6. The molecule has 1 aromatic rings. The molecule has 0 spiro atoms. The fourth-order valence-electron chi connectivity index (χ4n) is 3.46. The van der Waals surface area contributed by atoms with Gasteiger partial charge in [-0.15, -0.1) is 0 Å². The van der Waals surface area contributed by atoms with E-state index in [2.05, 4.69) is 50.4 Å². The van der Waals surface area contributed by atoms with Gasteiger partial charge in [-0.05, 0) is 0 Å². The van der Waals surface area contributed by atoms with Crippen molar-refractivity contribution < 1.29 is 4.79 Å². The first kappa shape index (κ1) is 20.5. The number of benzene rings is 1. The summed E-state index contributed by atoms with van der Waals surface area (Å²) in [7, 11) is 0. The molecule has 1 N–H and O–H groups in total. The predicted octanol–water partition coefficient (Wildman–Crippen LogP) is 5.70. The first-order valence-electron chi connectivity index (χ1n) is 9.46. The SMILES string of the molecule is CCC[CH2][Sn]([CH2]CCC)([CH2]CCC)[c]1ccc(NC(C)=O)cc1. The van der Waals surface area contributed by atoms with E-state index >= 15 is 0 Å². The minimum absolute atomic E-state index is 0.00970. The molecule has 0 radical (unpaired) electrons. The summed E-state index contributed by atoms with van der Waals surface area (Å²) in [5.41, 5.74) is 0.933. The summed E-state index contributed by atoms with van der Waals surface area (Å²) >= 11 is -2.29. The predicted molar refractivity (Wildman–Crippen MR) is 105 cm³/mol. The van der Waals surface area contributed by atoms with Gasteiger partial charge in [-0.1, -0.05) is 0 Å². The molecule has 0 saturated heterocycles. The number of unbranched alkanes of at least 4 members (excludes halogenated alkanes) is 3. The Balaban J connectivity index is 3.04.